The summed E-state index contributed by atoms with van der Waals surface area (Å²) < 4.78 is 5.41. The number of esters is 1. The van der Waals surface area contributed by atoms with Crippen LogP contribution in [0.2, 0.25) is 0 Å². The molecule has 0 spiro atoms. The van der Waals surface area contributed by atoms with E-state index in [1.54, 1.807) is 12.1 Å². The second-order valence-corrected chi connectivity index (χ2v) is 9.81. The molecule has 11 heteroatoms. The standard InChI is InChI=1S/C25H30N6O4S/c1-16(2)21-22(23(32)33)36-25(29-21)28-19-15-20(27-17(3)26-19)31-11-9-30(10-12-31)13-14-35-24(34)18-7-5-4-6-8-18/h4-8,15-16H,9-14H2,1-3H3,(H,32,33)(H,26,27,28,29). The number of hydrogen-bond donors (Lipinski definition) is 2. The fraction of sp³-hybridized carbons (Fsp3) is 0.400. The van der Waals surface area contributed by atoms with Gasteiger partial charge in [0, 0.05) is 38.8 Å². The number of aromatic nitrogens is 3. The van der Waals surface area contributed by atoms with Gasteiger partial charge < -0.3 is 20.1 Å². The monoisotopic (exact) mass is 510 g/mol. The quantitative estimate of drug-likeness (QED) is 0.411. The van der Waals surface area contributed by atoms with Crippen molar-refractivity contribution in [2.75, 3.05) is 49.5 Å². The third kappa shape index (κ3) is 6.35. The highest BCUT2D eigenvalue weighted by atomic mass is 32.1. The van der Waals surface area contributed by atoms with Gasteiger partial charge in [-0.3, -0.25) is 4.90 Å². The molecule has 0 unspecified atom stereocenters. The number of nitrogens with one attached hydrogen (secondary N) is 1. The van der Waals surface area contributed by atoms with E-state index < -0.39 is 5.97 Å². The minimum Gasteiger partial charge on any atom is -0.477 e. The lowest BCUT2D eigenvalue weighted by Crippen LogP contribution is -2.47. The zero-order valence-corrected chi connectivity index (χ0v) is 21.4. The van der Waals surface area contributed by atoms with Crippen molar-refractivity contribution in [2.45, 2.75) is 26.7 Å². The zero-order chi connectivity index (χ0) is 25.7. The average molecular weight is 511 g/mol. The number of aryl methyl sites for hydroxylation is 1. The maximum atomic E-state index is 12.1. The molecule has 2 N–H and O–H groups in total. The summed E-state index contributed by atoms with van der Waals surface area (Å²) in [4.78, 5) is 41.9. The first kappa shape index (κ1) is 25.5. The molecule has 3 aromatic rings. The molecule has 1 saturated heterocycles. The van der Waals surface area contributed by atoms with Crippen molar-refractivity contribution in [3.63, 3.8) is 0 Å². The molecule has 4 rings (SSSR count). The van der Waals surface area contributed by atoms with Crippen molar-refractivity contribution >= 4 is 40.0 Å². The number of aromatic carboxylic acids is 1. The Balaban J connectivity index is 1.32. The third-order valence-corrected chi connectivity index (χ3v) is 6.77. The van der Waals surface area contributed by atoms with Crippen LogP contribution in [0, 0.1) is 6.92 Å². The van der Waals surface area contributed by atoms with E-state index >= 15 is 0 Å². The molecule has 0 radical (unpaired) electrons. The summed E-state index contributed by atoms with van der Waals surface area (Å²) in [5, 5.41) is 13.1. The van der Waals surface area contributed by atoms with Crippen LogP contribution >= 0.6 is 11.3 Å². The molecule has 3 heterocycles. The van der Waals surface area contributed by atoms with Crippen LogP contribution in [0.15, 0.2) is 36.4 Å². The van der Waals surface area contributed by atoms with E-state index in [4.69, 9.17) is 4.74 Å². The summed E-state index contributed by atoms with van der Waals surface area (Å²) in [5.74, 6) is 0.722. The summed E-state index contributed by atoms with van der Waals surface area (Å²) in [6, 6.07) is 10.9. The number of carbonyl (C=O) groups excluding carboxylic acids is 1. The highest BCUT2D eigenvalue weighted by molar-refractivity contribution is 7.17. The molecule has 2 aromatic heterocycles. The van der Waals surface area contributed by atoms with Crippen LogP contribution < -0.4 is 10.2 Å². The summed E-state index contributed by atoms with van der Waals surface area (Å²) in [6.07, 6.45) is 0. The van der Waals surface area contributed by atoms with E-state index in [1.807, 2.05) is 45.0 Å². The summed E-state index contributed by atoms with van der Waals surface area (Å²) >= 11 is 1.11. The van der Waals surface area contributed by atoms with Crippen molar-refractivity contribution in [3.05, 3.63) is 58.4 Å². The lowest BCUT2D eigenvalue weighted by atomic mass is 10.1. The molecule has 1 aromatic carbocycles. The smallest absolute Gasteiger partial charge is 0.347 e. The molecule has 0 bridgehead atoms. The molecule has 0 amide bonds. The Hall–Kier alpha value is -3.57. The summed E-state index contributed by atoms with van der Waals surface area (Å²) in [6.45, 7) is 9.89. The largest absolute Gasteiger partial charge is 0.477 e. The summed E-state index contributed by atoms with van der Waals surface area (Å²) in [5.41, 5.74) is 1.12. The Morgan fingerprint density at radius 1 is 1.11 bits per heavy atom. The number of rotatable bonds is 9. The van der Waals surface area contributed by atoms with Gasteiger partial charge in [0.1, 0.15) is 28.9 Å². The normalized spacial score (nSPS) is 14.2. The molecule has 0 aliphatic carbocycles. The first-order chi connectivity index (χ1) is 17.3. The fourth-order valence-corrected chi connectivity index (χ4v) is 4.91. The second-order valence-electron chi connectivity index (χ2n) is 8.81. The lowest BCUT2D eigenvalue weighted by Gasteiger charge is -2.35. The van der Waals surface area contributed by atoms with Gasteiger partial charge >= 0.3 is 11.9 Å². The Bertz CT molecular complexity index is 1210. The van der Waals surface area contributed by atoms with Gasteiger partial charge in [-0.25, -0.2) is 24.5 Å². The molecule has 1 fully saturated rings. The van der Waals surface area contributed by atoms with E-state index in [1.165, 1.54) is 0 Å². The van der Waals surface area contributed by atoms with Gasteiger partial charge in [0.25, 0.3) is 0 Å². The van der Waals surface area contributed by atoms with Crippen molar-refractivity contribution in [3.8, 4) is 0 Å². The van der Waals surface area contributed by atoms with E-state index in [-0.39, 0.29) is 16.8 Å². The first-order valence-corrected chi connectivity index (χ1v) is 12.7. The predicted octanol–water partition coefficient (Wildman–Crippen LogP) is 3.79. The SMILES string of the molecule is Cc1nc(Nc2nc(C(C)C)c(C(=O)O)s2)cc(N2CCN(CCOC(=O)c3ccccc3)CC2)n1. The Morgan fingerprint density at radius 3 is 2.47 bits per heavy atom. The minimum absolute atomic E-state index is 0.00347. The van der Waals surface area contributed by atoms with Crippen molar-refractivity contribution < 1.29 is 19.4 Å². The minimum atomic E-state index is -0.975. The number of carboxylic acid groups (broad SMARTS) is 1. The van der Waals surface area contributed by atoms with Gasteiger partial charge in [-0.1, -0.05) is 43.4 Å². The number of piperazine rings is 1. The van der Waals surface area contributed by atoms with Crippen molar-refractivity contribution in [1.82, 2.24) is 19.9 Å². The zero-order valence-electron chi connectivity index (χ0n) is 20.6. The maximum Gasteiger partial charge on any atom is 0.347 e. The van der Waals surface area contributed by atoms with Crippen LogP contribution in [0.5, 0.6) is 0 Å². The molecular weight excluding hydrogens is 480 g/mol. The number of ether oxygens (including phenoxy) is 1. The van der Waals surface area contributed by atoms with Crippen LogP contribution in [0.3, 0.4) is 0 Å². The molecule has 10 nitrogen and oxygen atoms in total. The van der Waals surface area contributed by atoms with Crippen LogP contribution in [-0.2, 0) is 4.74 Å². The Kier molecular flexibility index (Phi) is 8.11. The Labute approximate surface area is 214 Å². The molecule has 0 atom stereocenters. The number of benzene rings is 1. The third-order valence-electron chi connectivity index (χ3n) is 5.80. The second kappa shape index (κ2) is 11.4. The van der Waals surface area contributed by atoms with E-state index in [2.05, 4.69) is 30.1 Å². The lowest BCUT2D eigenvalue weighted by molar-refractivity contribution is 0.0458. The molecule has 0 saturated carbocycles. The van der Waals surface area contributed by atoms with Gasteiger partial charge in [0.15, 0.2) is 5.13 Å². The van der Waals surface area contributed by atoms with Gasteiger partial charge in [0.2, 0.25) is 0 Å². The van der Waals surface area contributed by atoms with Crippen LogP contribution in [0.4, 0.5) is 16.8 Å². The first-order valence-electron chi connectivity index (χ1n) is 11.9. The highest BCUT2D eigenvalue weighted by Crippen LogP contribution is 2.30. The topological polar surface area (TPSA) is 121 Å². The highest BCUT2D eigenvalue weighted by Gasteiger charge is 2.22. The molecular formula is C25H30N6O4S. The van der Waals surface area contributed by atoms with Gasteiger partial charge in [-0.2, -0.15) is 0 Å². The van der Waals surface area contributed by atoms with Gasteiger partial charge in [-0.05, 0) is 25.0 Å². The van der Waals surface area contributed by atoms with Gasteiger partial charge in [0.05, 0.1) is 11.3 Å². The van der Waals surface area contributed by atoms with Crippen LogP contribution in [0.1, 0.15) is 51.3 Å². The Morgan fingerprint density at radius 2 is 1.83 bits per heavy atom. The summed E-state index contributed by atoms with van der Waals surface area (Å²) in [7, 11) is 0. The maximum absolute atomic E-state index is 12.1. The predicted molar refractivity (Wildman–Crippen MR) is 139 cm³/mol. The van der Waals surface area contributed by atoms with Gasteiger partial charge in [-0.15, -0.1) is 0 Å². The molecule has 190 valence electrons. The number of carboxylic acids is 1. The number of anilines is 3. The van der Waals surface area contributed by atoms with Crippen molar-refractivity contribution in [2.24, 2.45) is 0 Å². The number of hydrogen-bond acceptors (Lipinski definition) is 10. The van der Waals surface area contributed by atoms with Crippen molar-refractivity contribution in [1.29, 1.82) is 0 Å². The average Bonchev–Trinajstić information content (AvgIpc) is 3.29. The van der Waals surface area contributed by atoms with Crippen LogP contribution in [0.25, 0.3) is 0 Å². The number of nitrogens with zero attached hydrogens (tertiary/aromatic N) is 5. The van der Waals surface area contributed by atoms with E-state index in [0.717, 1.165) is 43.3 Å². The van der Waals surface area contributed by atoms with E-state index in [9.17, 15) is 14.7 Å². The van der Waals surface area contributed by atoms with Crippen LogP contribution in [-0.4, -0.2) is 76.2 Å². The molecule has 36 heavy (non-hydrogen) atoms. The number of thiazole rings is 1. The van der Waals surface area contributed by atoms with E-state index in [0.29, 0.717) is 41.2 Å². The molecule has 1 aliphatic rings. The fourth-order valence-electron chi connectivity index (χ4n) is 3.94. The molecule has 1 aliphatic heterocycles. The number of carbonyl (C=O) groups is 2.